The van der Waals surface area contributed by atoms with Crippen molar-refractivity contribution in [1.82, 2.24) is 15.5 Å². The number of rotatable bonds is 14. The maximum absolute atomic E-state index is 5.61. The Kier molecular flexibility index (Phi) is 14.4. The second-order valence-corrected chi connectivity index (χ2v) is 7.18. The highest BCUT2D eigenvalue weighted by molar-refractivity contribution is 5.79. The lowest BCUT2D eigenvalue weighted by Crippen LogP contribution is -2.48. The number of aliphatic imine (C=N–C) groups is 1. The van der Waals surface area contributed by atoms with Crippen molar-refractivity contribution in [3.63, 3.8) is 0 Å². The minimum Gasteiger partial charge on any atom is -0.379 e. The summed E-state index contributed by atoms with van der Waals surface area (Å²) in [5.41, 5.74) is 0. The van der Waals surface area contributed by atoms with E-state index in [0.717, 1.165) is 64.9 Å². The molecule has 1 atom stereocenters. The van der Waals surface area contributed by atoms with Crippen LogP contribution < -0.4 is 10.6 Å². The largest absolute Gasteiger partial charge is 0.379 e. The number of hydrogen-bond acceptors (Lipinski definition) is 5. The topological polar surface area (TPSA) is 67.4 Å². The van der Waals surface area contributed by atoms with Crippen LogP contribution in [-0.4, -0.2) is 89.3 Å². The number of guanidine groups is 1. The molecule has 1 fully saturated rings. The molecule has 1 aliphatic heterocycles. The van der Waals surface area contributed by atoms with E-state index < -0.39 is 0 Å². The van der Waals surface area contributed by atoms with Crippen LogP contribution in [0.25, 0.3) is 0 Å². The van der Waals surface area contributed by atoms with Gasteiger partial charge in [-0.05, 0) is 19.3 Å². The van der Waals surface area contributed by atoms with E-state index >= 15 is 0 Å². The predicted molar refractivity (Wildman–Crippen MR) is 112 cm³/mol. The van der Waals surface area contributed by atoms with Crippen LogP contribution in [0.15, 0.2) is 4.99 Å². The third kappa shape index (κ3) is 11.5. The van der Waals surface area contributed by atoms with Gasteiger partial charge in [0.15, 0.2) is 5.96 Å². The molecule has 0 saturated carbocycles. The van der Waals surface area contributed by atoms with Crippen molar-refractivity contribution in [2.75, 3.05) is 72.4 Å². The zero-order valence-electron chi connectivity index (χ0n) is 18.0. The van der Waals surface area contributed by atoms with Crippen LogP contribution >= 0.6 is 0 Å². The van der Waals surface area contributed by atoms with Crippen molar-refractivity contribution in [3.05, 3.63) is 0 Å². The first-order valence-electron chi connectivity index (χ1n) is 10.7. The average Bonchev–Trinajstić information content (AvgIpc) is 2.67. The van der Waals surface area contributed by atoms with Gasteiger partial charge in [-0.2, -0.15) is 0 Å². The van der Waals surface area contributed by atoms with Gasteiger partial charge in [0, 0.05) is 38.8 Å². The van der Waals surface area contributed by atoms with E-state index in [1.165, 1.54) is 6.42 Å². The fraction of sp³-hybridized carbons (Fsp3) is 0.950. The van der Waals surface area contributed by atoms with Crippen molar-refractivity contribution in [2.24, 2.45) is 10.9 Å². The molecule has 27 heavy (non-hydrogen) atoms. The lowest BCUT2D eigenvalue weighted by Gasteiger charge is -2.36. The van der Waals surface area contributed by atoms with E-state index in [-0.39, 0.29) is 0 Å². The number of morpholine rings is 1. The SMILES string of the molecule is CCCCOCCOCCNC(=NCC(C(C)C)N1CCOCC1)NCC. The van der Waals surface area contributed by atoms with Crippen LogP contribution in [-0.2, 0) is 14.2 Å². The number of unbranched alkanes of at least 4 members (excludes halogenated alkanes) is 1. The van der Waals surface area contributed by atoms with Gasteiger partial charge >= 0.3 is 0 Å². The van der Waals surface area contributed by atoms with Crippen molar-refractivity contribution in [3.8, 4) is 0 Å². The fourth-order valence-corrected chi connectivity index (χ4v) is 2.99. The monoisotopic (exact) mass is 386 g/mol. The summed E-state index contributed by atoms with van der Waals surface area (Å²) < 4.78 is 16.6. The van der Waals surface area contributed by atoms with E-state index in [9.17, 15) is 0 Å². The lowest BCUT2D eigenvalue weighted by molar-refractivity contribution is 0.00867. The fourth-order valence-electron chi connectivity index (χ4n) is 2.99. The highest BCUT2D eigenvalue weighted by Crippen LogP contribution is 2.13. The normalized spacial score (nSPS) is 17.3. The van der Waals surface area contributed by atoms with Crippen LogP contribution in [0.2, 0.25) is 0 Å². The second kappa shape index (κ2) is 16.1. The Balaban J connectivity index is 2.29. The standard InChI is InChI=1S/C20H42N4O3/c1-5-7-11-25-15-16-26-12-8-22-20(21-6-2)23-17-19(18(3)4)24-9-13-27-14-10-24/h18-19H,5-17H2,1-4H3,(H2,21,22,23). The molecule has 1 rings (SSSR count). The molecule has 0 aromatic rings. The van der Waals surface area contributed by atoms with Gasteiger partial charge in [-0.15, -0.1) is 0 Å². The molecule has 7 nitrogen and oxygen atoms in total. The average molecular weight is 387 g/mol. The molecule has 1 saturated heterocycles. The van der Waals surface area contributed by atoms with Gasteiger partial charge in [-0.1, -0.05) is 27.2 Å². The molecular formula is C20H42N4O3. The molecular weight excluding hydrogens is 344 g/mol. The van der Waals surface area contributed by atoms with Gasteiger partial charge in [-0.25, -0.2) is 0 Å². The minimum atomic E-state index is 0.445. The molecule has 1 aliphatic rings. The van der Waals surface area contributed by atoms with Crippen molar-refractivity contribution >= 4 is 5.96 Å². The van der Waals surface area contributed by atoms with E-state index in [4.69, 9.17) is 19.2 Å². The molecule has 1 unspecified atom stereocenters. The molecule has 2 N–H and O–H groups in total. The Morgan fingerprint density at radius 3 is 2.37 bits per heavy atom. The number of ether oxygens (including phenoxy) is 3. The summed E-state index contributed by atoms with van der Waals surface area (Å²) in [6.45, 7) is 17.6. The summed E-state index contributed by atoms with van der Waals surface area (Å²) in [7, 11) is 0. The Morgan fingerprint density at radius 2 is 1.74 bits per heavy atom. The highest BCUT2D eigenvalue weighted by atomic mass is 16.5. The third-order valence-corrected chi connectivity index (χ3v) is 4.62. The Morgan fingerprint density at radius 1 is 1.04 bits per heavy atom. The van der Waals surface area contributed by atoms with E-state index in [1.807, 2.05) is 0 Å². The van der Waals surface area contributed by atoms with Gasteiger partial charge in [0.05, 0.1) is 39.6 Å². The highest BCUT2D eigenvalue weighted by Gasteiger charge is 2.23. The molecule has 0 aliphatic carbocycles. The molecule has 0 aromatic heterocycles. The van der Waals surface area contributed by atoms with Gasteiger partial charge in [0.25, 0.3) is 0 Å². The summed E-state index contributed by atoms with van der Waals surface area (Å²) in [6.07, 6.45) is 2.28. The number of nitrogens with one attached hydrogen (secondary N) is 2. The molecule has 1 heterocycles. The first-order valence-corrected chi connectivity index (χ1v) is 10.7. The Labute approximate surface area is 166 Å². The van der Waals surface area contributed by atoms with Crippen molar-refractivity contribution in [1.29, 1.82) is 0 Å². The molecule has 160 valence electrons. The number of hydrogen-bond donors (Lipinski definition) is 2. The van der Waals surface area contributed by atoms with Gasteiger partial charge in [-0.3, -0.25) is 9.89 Å². The Bertz CT molecular complexity index is 374. The van der Waals surface area contributed by atoms with Crippen LogP contribution in [0.1, 0.15) is 40.5 Å². The Hall–Kier alpha value is -0.890. The third-order valence-electron chi connectivity index (χ3n) is 4.62. The van der Waals surface area contributed by atoms with Gasteiger partial charge in [0.2, 0.25) is 0 Å². The predicted octanol–water partition coefficient (Wildman–Crippen LogP) is 1.73. The van der Waals surface area contributed by atoms with Crippen molar-refractivity contribution < 1.29 is 14.2 Å². The maximum atomic E-state index is 5.61. The van der Waals surface area contributed by atoms with Gasteiger partial charge < -0.3 is 24.8 Å². The molecule has 0 amide bonds. The minimum absolute atomic E-state index is 0.445. The first kappa shape index (κ1) is 24.1. The summed E-state index contributed by atoms with van der Waals surface area (Å²) in [6, 6.07) is 0.445. The molecule has 0 aromatic carbocycles. The summed E-state index contributed by atoms with van der Waals surface area (Å²) in [5.74, 6) is 1.42. The van der Waals surface area contributed by atoms with Crippen LogP contribution in [0.3, 0.4) is 0 Å². The van der Waals surface area contributed by atoms with E-state index in [2.05, 4.69) is 43.2 Å². The summed E-state index contributed by atoms with van der Waals surface area (Å²) >= 11 is 0. The quantitative estimate of drug-likeness (QED) is 0.269. The lowest BCUT2D eigenvalue weighted by atomic mass is 10.0. The van der Waals surface area contributed by atoms with E-state index in [0.29, 0.717) is 31.8 Å². The summed E-state index contributed by atoms with van der Waals surface area (Å²) in [5, 5.41) is 6.68. The first-order chi connectivity index (χ1) is 13.2. The number of nitrogens with zero attached hydrogens (tertiary/aromatic N) is 2. The molecule has 0 bridgehead atoms. The van der Waals surface area contributed by atoms with E-state index in [1.54, 1.807) is 0 Å². The zero-order valence-corrected chi connectivity index (χ0v) is 18.0. The second-order valence-electron chi connectivity index (χ2n) is 7.18. The molecule has 0 radical (unpaired) electrons. The van der Waals surface area contributed by atoms with Crippen molar-refractivity contribution in [2.45, 2.75) is 46.6 Å². The van der Waals surface area contributed by atoms with Crippen LogP contribution in [0.4, 0.5) is 0 Å². The smallest absolute Gasteiger partial charge is 0.191 e. The molecule has 7 heteroatoms. The van der Waals surface area contributed by atoms with Crippen LogP contribution in [0.5, 0.6) is 0 Å². The maximum Gasteiger partial charge on any atom is 0.191 e. The zero-order chi connectivity index (χ0) is 19.7. The molecule has 0 spiro atoms. The van der Waals surface area contributed by atoms with Crippen LogP contribution in [0, 0.1) is 5.92 Å². The van der Waals surface area contributed by atoms with Gasteiger partial charge in [0.1, 0.15) is 0 Å². The summed E-state index contributed by atoms with van der Waals surface area (Å²) in [4.78, 5) is 7.31.